The molecule has 320 valence electrons. The van der Waals surface area contributed by atoms with E-state index in [2.05, 4.69) is 66.0 Å². The first-order valence-corrected chi connectivity index (χ1v) is 21.8. The Labute approximate surface area is 362 Å². The van der Waals surface area contributed by atoms with Gasteiger partial charge in [-0.2, -0.15) is 5.26 Å². The average molecular weight is 848 g/mol. The zero-order valence-corrected chi connectivity index (χ0v) is 36.3. The molecule has 0 bridgehead atoms. The number of rotatable bonds is 10. The van der Waals surface area contributed by atoms with Gasteiger partial charge in [0.2, 0.25) is 11.8 Å². The van der Waals surface area contributed by atoms with E-state index in [0.717, 1.165) is 81.4 Å². The van der Waals surface area contributed by atoms with E-state index in [-0.39, 0.29) is 47.1 Å². The second-order valence-corrected chi connectivity index (χ2v) is 19.0. The number of ether oxygens (including phenoxy) is 1. The summed E-state index contributed by atoms with van der Waals surface area (Å²) in [6.45, 7) is 17.0. The molecule has 0 aromatic heterocycles. The van der Waals surface area contributed by atoms with Crippen molar-refractivity contribution in [2.45, 2.75) is 84.9 Å². The van der Waals surface area contributed by atoms with E-state index in [4.69, 9.17) is 16.3 Å². The Kier molecular flexibility index (Phi) is 11.2. The molecule has 8 rings (SSSR count). The highest BCUT2D eigenvalue weighted by molar-refractivity contribution is 6.31. The number of benzene rings is 3. The van der Waals surface area contributed by atoms with Crippen LogP contribution in [0.25, 0.3) is 0 Å². The number of nitrogens with one attached hydrogen (secondary N) is 2. The smallest absolute Gasteiger partial charge is 0.262 e. The maximum Gasteiger partial charge on any atom is 0.262 e. The van der Waals surface area contributed by atoms with Crippen LogP contribution >= 0.6 is 11.6 Å². The second kappa shape index (κ2) is 16.1. The van der Waals surface area contributed by atoms with Crippen LogP contribution in [-0.2, 0) is 9.59 Å². The van der Waals surface area contributed by atoms with Crippen molar-refractivity contribution in [3.8, 4) is 11.8 Å². The second-order valence-electron chi connectivity index (χ2n) is 18.6. The van der Waals surface area contributed by atoms with Crippen molar-refractivity contribution in [2.24, 2.45) is 16.2 Å². The third kappa shape index (κ3) is 7.74. The highest BCUT2D eigenvalue weighted by atomic mass is 35.5. The number of halogens is 1. The van der Waals surface area contributed by atoms with Crippen LogP contribution in [0.3, 0.4) is 0 Å². The summed E-state index contributed by atoms with van der Waals surface area (Å²) in [5, 5.41) is 15.1. The minimum absolute atomic E-state index is 0.0894. The van der Waals surface area contributed by atoms with Gasteiger partial charge in [0.05, 0.1) is 21.7 Å². The summed E-state index contributed by atoms with van der Waals surface area (Å²) in [6.07, 6.45) is 3.12. The molecule has 5 aliphatic rings. The predicted octanol–water partition coefficient (Wildman–Crippen LogP) is 6.04. The van der Waals surface area contributed by atoms with Gasteiger partial charge in [-0.05, 0) is 85.7 Å². The molecule has 3 saturated heterocycles. The summed E-state index contributed by atoms with van der Waals surface area (Å²) in [5.41, 5.74) is 3.07. The summed E-state index contributed by atoms with van der Waals surface area (Å²) < 4.78 is 6.39. The Morgan fingerprint density at radius 3 is 2.11 bits per heavy atom. The van der Waals surface area contributed by atoms with E-state index in [1.807, 2.05) is 30.3 Å². The third-order valence-corrected chi connectivity index (χ3v) is 14.5. The number of hydrogen-bond donors (Lipinski definition) is 2. The number of anilines is 2. The molecule has 14 heteroatoms. The summed E-state index contributed by atoms with van der Waals surface area (Å²) in [6, 6.07) is 19.3. The molecule has 1 atom stereocenters. The van der Waals surface area contributed by atoms with E-state index < -0.39 is 29.7 Å². The maximum absolute atomic E-state index is 13.6. The van der Waals surface area contributed by atoms with Crippen LogP contribution in [0.15, 0.2) is 60.7 Å². The van der Waals surface area contributed by atoms with Crippen molar-refractivity contribution in [2.75, 3.05) is 55.6 Å². The van der Waals surface area contributed by atoms with Crippen LogP contribution in [0.5, 0.6) is 5.75 Å². The lowest BCUT2D eigenvalue weighted by atomic mass is 9.49. The number of imide groups is 2. The molecule has 3 aromatic carbocycles. The van der Waals surface area contributed by atoms with Gasteiger partial charge < -0.3 is 19.9 Å². The summed E-state index contributed by atoms with van der Waals surface area (Å²) in [4.78, 5) is 72.7. The number of piperidine rings is 2. The summed E-state index contributed by atoms with van der Waals surface area (Å²) in [7, 11) is 0. The van der Waals surface area contributed by atoms with Crippen molar-refractivity contribution in [3.05, 3.63) is 87.9 Å². The average Bonchev–Trinajstić information content (AvgIpc) is 3.49. The molecule has 61 heavy (non-hydrogen) atoms. The number of hydrogen-bond acceptors (Lipinski definition) is 10. The highest BCUT2D eigenvalue weighted by Gasteiger charge is 2.64. The van der Waals surface area contributed by atoms with E-state index in [9.17, 15) is 29.2 Å². The maximum atomic E-state index is 13.6. The van der Waals surface area contributed by atoms with Crippen molar-refractivity contribution in [3.63, 3.8) is 0 Å². The van der Waals surface area contributed by atoms with Crippen LogP contribution in [-0.4, -0.2) is 103 Å². The van der Waals surface area contributed by atoms with Gasteiger partial charge in [0.25, 0.3) is 17.7 Å². The molecular weight excluding hydrogens is 794 g/mol. The molecule has 4 aliphatic heterocycles. The monoisotopic (exact) mass is 847 g/mol. The van der Waals surface area contributed by atoms with E-state index in [0.29, 0.717) is 33.0 Å². The molecule has 1 aliphatic carbocycles. The van der Waals surface area contributed by atoms with Gasteiger partial charge in [-0.3, -0.25) is 39.1 Å². The van der Waals surface area contributed by atoms with Crippen LogP contribution in [0.2, 0.25) is 5.02 Å². The molecular formula is C47H54ClN7O6. The largest absolute Gasteiger partial charge is 0.489 e. The molecule has 0 radical (unpaired) electrons. The SMILES string of the molecule is CCC1(CN2CCN(c3ccc(C(=O)N[C@H]4C(C)(C)[C@H](Oc5ccc(C#N)c(Cl)c5)C4(C)C)cc3)CC2)CCN(c2ccc3c(c2)C(=O)N(C2CCC(=O)NC2=O)C3=O)CC1. The predicted molar refractivity (Wildman–Crippen MR) is 232 cm³/mol. The van der Waals surface area contributed by atoms with Crippen LogP contribution in [0.1, 0.15) is 103 Å². The fraction of sp³-hybridized carbons (Fsp3) is 0.489. The van der Waals surface area contributed by atoms with Crippen molar-refractivity contribution < 1.29 is 28.7 Å². The number of nitrogens with zero attached hydrogens (tertiary/aromatic N) is 5. The third-order valence-electron chi connectivity index (χ3n) is 14.2. The Bertz CT molecular complexity index is 2290. The normalized spacial score (nSPS) is 24.4. The van der Waals surface area contributed by atoms with Crippen molar-refractivity contribution >= 4 is 52.5 Å². The van der Waals surface area contributed by atoms with Crippen LogP contribution < -0.4 is 25.2 Å². The van der Waals surface area contributed by atoms with E-state index in [1.165, 1.54) is 0 Å². The molecule has 5 amide bonds. The van der Waals surface area contributed by atoms with Gasteiger partial charge >= 0.3 is 0 Å². The van der Waals surface area contributed by atoms with Crippen LogP contribution in [0.4, 0.5) is 11.4 Å². The molecule has 3 aromatic rings. The molecule has 4 heterocycles. The number of fused-ring (bicyclic) bond motifs is 1. The standard InChI is InChI=1S/C47H54ClN7O6/c1-6-47(17-19-53(20-18-47)32-12-14-34-35(25-32)42(60)55(41(34)59)37-15-16-38(56)50-40(37)58)28-52-21-23-54(24-22-52)31-10-7-29(8-11-31)39(57)51-43-45(2,3)44(46(43,4)5)61-33-13-9-30(27-49)36(48)26-33/h7-14,25-26,37,43-44H,6,15-24,28H2,1-5H3,(H,51,57)(H,50,56,58)/t37?,43-,44-. The molecule has 2 N–H and O–H groups in total. The Morgan fingerprint density at radius 2 is 1.49 bits per heavy atom. The number of carbonyl (C=O) groups excluding carboxylic acids is 5. The summed E-state index contributed by atoms with van der Waals surface area (Å²) in [5.74, 6) is -1.49. The minimum atomic E-state index is -0.978. The lowest BCUT2D eigenvalue weighted by Crippen LogP contribution is -2.74. The van der Waals surface area contributed by atoms with Crippen LogP contribution in [0, 0.1) is 27.6 Å². The first-order chi connectivity index (χ1) is 29.0. The van der Waals surface area contributed by atoms with Gasteiger partial charge in [-0.1, -0.05) is 46.2 Å². The van der Waals surface area contributed by atoms with Gasteiger partial charge in [0.15, 0.2) is 0 Å². The Hall–Kier alpha value is -5.45. The topological polar surface area (TPSA) is 155 Å². The van der Waals surface area contributed by atoms with E-state index >= 15 is 0 Å². The molecule has 4 fully saturated rings. The zero-order chi connectivity index (χ0) is 43.4. The quantitative estimate of drug-likeness (QED) is 0.231. The van der Waals surface area contributed by atoms with Gasteiger partial charge in [0, 0.05) is 92.1 Å². The zero-order valence-electron chi connectivity index (χ0n) is 35.6. The number of nitriles is 1. The molecule has 1 saturated carbocycles. The number of piperazine rings is 1. The lowest BCUT2D eigenvalue weighted by molar-refractivity contribution is -0.164. The van der Waals surface area contributed by atoms with Gasteiger partial charge in [-0.15, -0.1) is 0 Å². The number of carbonyl (C=O) groups is 5. The van der Waals surface area contributed by atoms with Crippen molar-refractivity contribution in [1.82, 2.24) is 20.4 Å². The van der Waals surface area contributed by atoms with Gasteiger partial charge in [-0.25, -0.2) is 0 Å². The lowest BCUT2D eigenvalue weighted by Gasteiger charge is -2.63. The molecule has 0 spiro atoms. The fourth-order valence-corrected chi connectivity index (χ4v) is 11.0. The Morgan fingerprint density at radius 1 is 0.852 bits per heavy atom. The summed E-state index contributed by atoms with van der Waals surface area (Å²) >= 11 is 6.26. The molecule has 13 nitrogen and oxygen atoms in total. The fourth-order valence-electron chi connectivity index (χ4n) is 10.8. The minimum Gasteiger partial charge on any atom is -0.489 e. The van der Waals surface area contributed by atoms with Crippen molar-refractivity contribution in [1.29, 1.82) is 5.26 Å². The highest BCUT2D eigenvalue weighted by Crippen LogP contribution is 2.55. The molecule has 1 unspecified atom stereocenters. The number of amides is 5. The Balaban J connectivity index is 0.817. The first-order valence-electron chi connectivity index (χ1n) is 21.4. The van der Waals surface area contributed by atoms with Gasteiger partial charge in [0.1, 0.15) is 24.0 Å². The van der Waals surface area contributed by atoms with E-state index in [1.54, 1.807) is 30.3 Å². The first kappa shape index (κ1) is 42.2.